The van der Waals surface area contributed by atoms with Gasteiger partial charge in [-0.2, -0.15) is 0 Å². The largest absolute Gasteiger partial charge is 0.414 e. The molecule has 0 spiro atoms. The van der Waals surface area contributed by atoms with Gasteiger partial charge in [-0.1, -0.05) is 90.2 Å². The third-order valence-electron chi connectivity index (χ3n) is 8.39. The first kappa shape index (κ1) is 29.4. The van der Waals surface area contributed by atoms with Crippen LogP contribution in [0.3, 0.4) is 0 Å². The number of rotatable bonds is 10. The topological polar surface area (TPSA) is 21.7 Å². The van der Waals surface area contributed by atoms with Gasteiger partial charge >= 0.3 is 0 Å². The zero-order chi connectivity index (χ0) is 25.9. The molecule has 1 saturated heterocycles. The Morgan fingerprint density at radius 3 is 2.09 bits per heavy atom. The van der Waals surface area contributed by atoms with Gasteiger partial charge in [-0.05, 0) is 48.2 Å². The van der Waals surface area contributed by atoms with Crippen molar-refractivity contribution in [1.82, 2.24) is 4.90 Å². The van der Waals surface area contributed by atoms with E-state index >= 15 is 0 Å². The van der Waals surface area contributed by atoms with Crippen molar-refractivity contribution in [2.24, 2.45) is 11.8 Å². The highest BCUT2D eigenvalue weighted by atomic mass is 32.1. The Morgan fingerprint density at radius 2 is 1.59 bits per heavy atom. The molecule has 2 rings (SSSR count). The van der Waals surface area contributed by atoms with E-state index in [2.05, 4.69) is 116 Å². The normalized spacial score (nSPS) is 19.9. The van der Waals surface area contributed by atoms with Crippen LogP contribution in [0.1, 0.15) is 53.5 Å². The predicted molar refractivity (Wildman–Crippen MR) is 156 cm³/mol. The molecule has 0 amide bonds. The Bertz CT molecular complexity index is 827. The molecule has 0 N–H and O–H groups in total. The number of nitrogens with zero attached hydrogens (tertiary/aromatic N) is 1. The molecule has 0 radical (unpaired) electrons. The molecule has 1 aliphatic rings. The Balaban J connectivity index is 2.27. The van der Waals surface area contributed by atoms with Crippen LogP contribution in [0, 0.1) is 11.8 Å². The van der Waals surface area contributed by atoms with Crippen LogP contribution >= 0.6 is 12.2 Å². The minimum Gasteiger partial charge on any atom is -0.414 e. The quantitative estimate of drug-likeness (QED) is 0.177. The number of hydrogen-bond donors (Lipinski definition) is 0. The van der Waals surface area contributed by atoms with E-state index in [1.54, 1.807) is 0 Å². The van der Waals surface area contributed by atoms with Crippen LogP contribution in [-0.4, -0.2) is 45.8 Å². The van der Waals surface area contributed by atoms with E-state index in [0.717, 1.165) is 24.5 Å². The van der Waals surface area contributed by atoms with Crippen LogP contribution < -0.4 is 0 Å². The first-order valence-corrected chi connectivity index (χ1v) is 19.0. The van der Waals surface area contributed by atoms with Crippen molar-refractivity contribution >= 4 is 33.8 Å². The highest BCUT2D eigenvalue weighted by Crippen LogP contribution is 2.42. The summed E-state index contributed by atoms with van der Waals surface area (Å²) in [7, 11) is -3.92. The maximum Gasteiger partial charge on any atom is 0.192 e. The highest BCUT2D eigenvalue weighted by molar-refractivity contribution is 7.80. The van der Waals surface area contributed by atoms with E-state index in [0.29, 0.717) is 6.61 Å². The van der Waals surface area contributed by atoms with Crippen LogP contribution in [0.5, 0.6) is 0 Å². The van der Waals surface area contributed by atoms with E-state index in [4.69, 9.17) is 21.1 Å². The Kier molecular flexibility index (Phi) is 9.59. The molecule has 6 heteroatoms. The number of benzene rings is 1. The van der Waals surface area contributed by atoms with Crippen LogP contribution in [0.25, 0.3) is 0 Å². The molecule has 192 valence electrons. The van der Waals surface area contributed by atoms with Gasteiger partial charge in [-0.3, -0.25) is 0 Å². The van der Waals surface area contributed by atoms with E-state index in [1.807, 2.05) is 0 Å². The molecule has 1 heterocycles. The molecule has 1 aliphatic heterocycles. The lowest BCUT2D eigenvalue weighted by molar-refractivity contribution is 0.0656. The maximum atomic E-state index is 7.06. The van der Waals surface area contributed by atoms with Crippen LogP contribution in [0.15, 0.2) is 43.0 Å². The fraction of sp³-hybridized carbons (Fsp3) is 0.679. The smallest absolute Gasteiger partial charge is 0.192 e. The first-order chi connectivity index (χ1) is 15.5. The molecular formula is C28H49NO2SSi2. The van der Waals surface area contributed by atoms with Gasteiger partial charge in [-0.25, -0.2) is 0 Å². The maximum absolute atomic E-state index is 7.06. The van der Waals surface area contributed by atoms with Gasteiger partial charge in [0.05, 0.1) is 17.7 Å². The fourth-order valence-electron chi connectivity index (χ4n) is 3.94. The van der Waals surface area contributed by atoms with Gasteiger partial charge in [0.25, 0.3) is 0 Å². The van der Waals surface area contributed by atoms with Crippen LogP contribution in [-0.2, 0) is 15.4 Å². The lowest BCUT2D eigenvalue weighted by atomic mass is 9.87. The molecule has 0 unspecified atom stereocenters. The monoisotopic (exact) mass is 519 g/mol. The van der Waals surface area contributed by atoms with Crippen molar-refractivity contribution in [2.45, 2.75) is 96.9 Å². The number of likely N-dealkylation sites (tertiary alicyclic amines) is 1. The molecule has 3 nitrogen and oxygen atoms in total. The standard InChI is InChI=1S/C28H49NO2SSi2/c1-12-23(24-18-19-29(26(24)32)20-22-16-14-13-15-17-22)25(31-34(10,11)28(5,6)7)21-30-33(8,9)27(2,3)4/h12-17,23-25H,1,18-21H2,2-11H3/t23-,24+,25+/m0/s1. The zero-order valence-corrected chi connectivity index (χ0v) is 26.2. The molecule has 0 aromatic heterocycles. The molecule has 1 fully saturated rings. The van der Waals surface area contributed by atoms with Crippen molar-refractivity contribution < 1.29 is 8.85 Å². The lowest BCUT2D eigenvalue weighted by Crippen LogP contribution is -2.51. The molecule has 0 bridgehead atoms. The second-order valence-electron chi connectivity index (χ2n) is 12.9. The van der Waals surface area contributed by atoms with Gasteiger partial charge in [0.15, 0.2) is 16.6 Å². The zero-order valence-electron chi connectivity index (χ0n) is 23.4. The van der Waals surface area contributed by atoms with Crippen molar-refractivity contribution in [1.29, 1.82) is 0 Å². The van der Waals surface area contributed by atoms with Gasteiger partial charge in [0.2, 0.25) is 0 Å². The Morgan fingerprint density at radius 1 is 1.03 bits per heavy atom. The molecule has 3 atom stereocenters. The van der Waals surface area contributed by atoms with E-state index in [9.17, 15) is 0 Å². The minimum atomic E-state index is -2.01. The molecule has 1 aromatic rings. The molecule has 0 saturated carbocycles. The Hall–Kier alpha value is -0.796. The van der Waals surface area contributed by atoms with Crippen molar-refractivity contribution in [3.8, 4) is 0 Å². The summed E-state index contributed by atoms with van der Waals surface area (Å²) in [4.78, 5) is 3.41. The summed E-state index contributed by atoms with van der Waals surface area (Å²) in [6, 6.07) is 10.6. The van der Waals surface area contributed by atoms with Crippen molar-refractivity contribution in [2.75, 3.05) is 13.2 Å². The van der Waals surface area contributed by atoms with E-state index < -0.39 is 16.6 Å². The molecular weight excluding hydrogens is 471 g/mol. The van der Waals surface area contributed by atoms with Gasteiger partial charge in [0.1, 0.15) is 0 Å². The number of hydrogen-bond acceptors (Lipinski definition) is 3. The molecule has 1 aromatic carbocycles. The van der Waals surface area contributed by atoms with Crippen LogP contribution in [0.4, 0.5) is 0 Å². The molecule has 34 heavy (non-hydrogen) atoms. The summed E-state index contributed by atoms with van der Waals surface area (Å²) >= 11 is 6.06. The van der Waals surface area contributed by atoms with Gasteiger partial charge < -0.3 is 13.8 Å². The van der Waals surface area contributed by atoms with Crippen molar-refractivity contribution in [3.05, 3.63) is 48.6 Å². The second-order valence-corrected chi connectivity index (χ2v) is 22.9. The average Bonchev–Trinajstić information content (AvgIpc) is 3.06. The number of thiocarbonyl (C=S) groups is 1. The molecule has 0 aliphatic carbocycles. The third kappa shape index (κ3) is 7.13. The van der Waals surface area contributed by atoms with E-state index in [-0.39, 0.29) is 28.0 Å². The van der Waals surface area contributed by atoms with Gasteiger partial charge in [-0.15, -0.1) is 6.58 Å². The van der Waals surface area contributed by atoms with Crippen LogP contribution in [0.2, 0.25) is 36.3 Å². The summed E-state index contributed by atoms with van der Waals surface area (Å²) in [5.41, 5.74) is 1.30. The SMILES string of the molecule is C=C[C@H]([C@@H](CO[Si](C)(C)C(C)(C)C)O[Si](C)(C)C(C)(C)C)[C@H]1CCN(Cc2ccccc2)C1=S. The Labute approximate surface area is 217 Å². The summed E-state index contributed by atoms with van der Waals surface area (Å²) < 4.78 is 13.8. The fourth-order valence-corrected chi connectivity index (χ4v) is 6.72. The first-order valence-electron chi connectivity index (χ1n) is 12.8. The summed E-state index contributed by atoms with van der Waals surface area (Å²) in [6.45, 7) is 29.8. The van der Waals surface area contributed by atoms with Gasteiger partial charge in [0, 0.05) is 24.9 Å². The highest BCUT2D eigenvalue weighted by Gasteiger charge is 2.45. The van der Waals surface area contributed by atoms with E-state index in [1.165, 1.54) is 5.56 Å². The lowest BCUT2D eigenvalue weighted by Gasteiger charge is -2.44. The summed E-state index contributed by atoms with van der Waals surface area (Å²) in [5, 5.41) is 0.289. The van der Waals surface area contributed by atoms with Crippen molar-refractivity contribution in [3.63, 3.8) is 0 Å². The minimum absolute atomic E-state index is 0.0351. The summed E-state index contributed by atoms with van der Waals surface area (Å²) in [6.07, 6.45) is 3.10. The predicted octanol–water partition coefficient (Wildman–Crippen LogP) is 8.05. The third-order valence-corrected chi connectivity index (χ3v) is 18.0. The summed E-state index contributed by atoms with van der Waals surface area (Å²) in [5.74, 6) is 0.404. The average molecular weight is 520 g/mol. The second kappa shape index (κ2) is 11.1.